The summed E-state index contributed by atoms with van der Waals surface area (Å²) in [7, 11) is 2.05. The van der Waals surface area contributed by atoms with Crippen molar-refractivity contribution in [1.82, 2.24) is 9.88 Å². The molecule has 1 fully saturated rings. The fourth-order valence-electron chi connectivity index (χ4n) is 3.29. The summed E-state index contributed by atoms with van der Waals surface area (Å²) in [6.45, 7) is 1.25. The van der Waals surface area contributed by atoms with E-state index in [0.717, 1.165) is 30.6 Å². The number of amides is 1. The highest BCUT2D eigenvalue weighted by Crippen LogP contribution is 2.29. The average molecular weight is 348 g/mol. The summed E-state index contributed by atoms with van der Waals surface area (Å²) < 4.78 is 8.10. The fourth-order valence-corrected chi connectivity index (χ4v) is 3.29. The number of nitrogens with one attached hydrogen (secondary N) is 1. The molecule has 1 aliphatic rings. The third-order valence-electron chi connectivity index (χ3n) is 4.93. The third-order valence-corrected chi connectivity index (χ3v) is 4.93. The molecule has 1 heterocycles. The first-order chi connectivity index (χ1) is 12.7. The topological polar surface area (TPSA) is 43.3 Å². The number of fused-ring (bicyclic) bond motifs is 1. The van der Waals surface area contributed by atoms with Crippen molar-refractivity contribution in [2.75, 3.05) is 6.54 Å². The van der Waals surface area contributed by atoms with Gasteiger partial charge in [-0.05, 0) is 48.6 Å². The minimum Gasteiger partial charge on any atom is -0.489 e. The van der Waals surface area contributed by atoms with Gasteiger partial charge in [-0.25, -0.2) is 0 Å². The van der Waals surface area contributed by atoms with E-state index in [-0.39, 0.29) is 11.8 Å². The van der Waals surface area contributed by atoms with Crippen LogP contribution >= 0.6 is 0 Å². The van der Waals surface area contributed by atoms with Crippen LogP contribution in [0.1, 0.15) is 24.0 Å². The van der Waals surface area contributed by atoms with Crippen LogP contribution in [0.2, 0.25) is 0 Å². The van der Waals surface area contributed by atoms with E-state index < -0.39 is 0 Å². The lowest BCUT2D eigenvalue weighted by Gasteiger charge is -2.08. The Hall–Kier alpha value is -2.75. The minimum absolute atomic E-state index is 0.206. The summed E-state index contributed by atoms with van der Waals surface area (Å²) in [5.74, 6) is 1.34. The van der Waals surface area contributed by atoms with Gasteiger partial charge in [-0.15, -0.1) is 0 Å². The first kappa shape index (κ1) is 16.7. The zero-order chi connectivity index (χ0) is 17.9. The Labute approximate surface area is 153 Å². The van der Waals surface area contributed by atoms with Crippen LogP contribution in [0.5, 0.6) is 5.75 Å². The average Bonchev–Trinajstić information content (AvgIpc) is 3.47. The second kappa shape index (κ2) is 7.24. The molecular weight excluding hydrogens is 324 g/mol. The molecule has 0 spiro atoms. The molecule has 0 bridgehead atoms. The van der Waals surface area contributed by atoms with Gasteiger partial charge in [0.05, 0.1) is 0 Å². The molecule has 0 saturated heterocycles. The van der Waals surface area contributed by atoms with Crippen molar-refractivity contribution in [1.29, 1.82) is 0 Å². The van der Waals surface area contributed by atoms with Gasteiger partial charge in [0.1, 0.15) is 12.4 Å². The standard InChI is InChI=1S/C22H24N2O2/c1-24-14-18(11-12-23-22(25)17-7-8-17)20-13-19(9-10-21(20)24)26-15-16-5-3-2-4-6-16/h2-6,9-10,13-14,17H,7-8,11-12,15H2,1H3,(H,23,25). The highest BCUT2D eigenvalue weighted by molar-refractivity contribution is 5.85. The number of aryl methyl sites for hydroxylation is 1. The largest absolute Gasteiger partial charge is 0.489 e. The molecule has 1 amide bonds. The number of hydrogen-bond donors (Lipinski definition) is 1. The quantitative estimate of drug-likeness (QED) is 0.705. The smallest absolute Gasteiger partial charge is 0.223 e. The summed E-state index contributed by atoms with van der Waals surface area (Å²) in [5.41, 5.74) is 3.58. The number of aromatic nitrogens is 1. The Kier molecular flexibility index (Phi) is 4.65. The van der Waals surface area contributed by atoms with Crippen LogP contribution in [0.3, 0.4) is 0 Å². The van der Waals surface area contributed by atoms with Crippen LogP contribution < -0.4 is 10.1 Å². The summed E-state index contributed by atoms with van der Waals surface area (Å²) in [6.07, 6.45) is 5.07. The van der Waals surface area contributed by atoms with Crippen LogP contribution in [0.4, 0.5) is 0 Å². The van der Waals surface area contributed by atoms with Crippen molar-refractivity contribution >= 4 is 16.8 Å². The Morgan fingerprint density at radius 2 is 2.00 bits per heavy atom. The first-order valence-electron chi connectivity index (χ1n) is 9.23. The molecule has 1 N–H and O–H groups in total. The van der Waals surface area contributed by atoms with E-state index in [1.165, 1.54) is 16.5 Å². The second-order valence-electron chi connectivity index (χ2n) is 7.03. The van der Waals surface area contributed by atoms with Gasteiger partial charge in [0, 0.05) is 36.6 Å². The fraction of sp³-hybridized carbons (Fsp3) is 0.318. The highest BCUT2D eigenvalue weighted by Gasteiger charge is 2.29. The van der Waals surface area contributed by atoms with E-state index >= 15 is 0 Å². The SMILES string of the molecule is Cn1cc(CCNC(=O)C2CC2)c2cc(OCc3ccccc3)ccc21. The van der Waals surface area contributed by atoms with E-state index in [0.29, 0.717) is 13.2 Å². The molecule has 0 radical (unpaired) electrons. The number of carbonyl (C=O) groups excluding carboxylic acids is 1. The van der Waals surface area contributed by atoms with Gasteiger partial charge < -0.3 is 14.6 Å². The van der Waals surface area contributed by atoms with E-state index in [9.17, 15) is 4.79 Å². The molecule has 1 aliphatic carbocycles. The maximum absolute atomic E-state index is 11.8. The zero-order valence-corrected chi connectivity index (χ0v) is 15.1. The lowest BCUT2D eigenvalue weighted by Crippen LogP contribution is -2.26. The molecule has 4 nitrogen and oxygen atoms in total. The molecule has 3 aromatic rings. The lowest BCUT2D eigenvalue weighted by molar-refractivity contribution is -0.122. The number of benzene rings is 2. The van der Waals surface area contributed by atoms with E-state index in [2.05, 4.69) is 47.4 Å². The maximum Gasteiger partial charge on any atom is 0.223 e. The van der Waals surface area contributed by atoms with Gasteiger partial charge in [-0.3, -0.25) is 4.79 Å². The van der Waals surface area contributed by atoms with Crippen molar-refractivity contribution in [2.45, 2.75) is 25.9 Å². The van der Waals surface area contributed by atoms with Gasteiger partial charge in [0.2, 0.25) is 5.91 Å². The Morgan fingerprint density at radius 3 is 2.77 bits per heavy atom. The lowest BCUT2D eigenvalue weighted by atomic mass is 10.1. The monoisotopic (exact) mass is 348 g/mol. The van der Waals surface area contributed by atoms with Crippen molar-refractivity contribution in [3.8, 4) is 5.75 Å². The summed E-state index contributed by atoms with van der Waals surface area (Å²) in [4.78, 5) is 11.8. The number of rotatable bonds is 7. The summed E-state index contributed by atoms with van der Waals surface area (Å²) in [5, 5.41) is 4.24. The molecule has 2 aromatic carbocycles. The van der Waals surface area contributed by atoms with Gasteiger partial charge in [0.25, 0.3) is 0 Å². The molecule has 0 atom stereocenters. The summed E-state index contributed by atoms with van der Waals surface area (Å²) >= 11 is 0. The second-order valence-corrected chi connectivity index (χ2v) is 7.03. The normalized spacial score (nSPS) is 13.7. The van der Waals surface area contributed by atoms with Gasteiger partial charge >= 0.3 is 0 Å². The number of carbonyl (C=O) groups is 1. The molecule has 1 aromatic heterocycles. The van der Waals surface area contributed by atoms with Crippen molar-refractivity contribution < 1.29 is 9.53 Å². The van der Waals surface area contributed by atoms with Crippen LogP contribution in [0, 0.1) is 5.92 Å². The zero-order valence-electron chi connectivity index (χ0n) is 15.1. The van der Waals surface area contributed by atoms with Crippen molar-refractivity contribution in [3.63, 3.8) is 0 Å². The molecule has 0 aliphatic heterocycles. The van der Waals surface area contributed by atoms with Crippen LogP contribution in [-0.4, -0.2) is 17.0 Å². The predicted octanol–water partition coefficient (Wildman–Crippen LogP) is 3.83. The van der Waals surface area contributed by atoms with Crippen LogP contribution in [0.15, 0.2) is 54.7 Å². The minimum atomic E-state index is 0.206. The van der Waals surface area contributed by atoms with Crippen molar-refractivity contribution in [2.24, 2.45) is 13.0 Å². The Bertz CT molecular complexity index is 911. The van der Waals surface area contributed by atoms with E-state index in [4.69, 9.17) is 4.74 Å². The van der Waals surface area contributed by atoms with E-state index in [1.54, 1.807) is 0 Å². The molecule has 4 heteroatoms. The Morgan fingerprint density at radius 1 is 1.19 bits per heavy atom. The van der Waals surface area contributed by atoms with Crippen molar-refractivity contribution in [3.05, 3.63) is 65.9 Å². The third kappa shape index (κ3) is 3.74. The Balaban J connectivity index is 1.45. The van der Waals surface area contributed by atoms with Gasteiger partial charge in [-0.1, -0.05) is 30.3 Å². The highest BCUT2D eigenvalue weighted by atomic mass is 16.5. The number of ether oxygens (including phenoxy) is 1. The van der Waals surface area contributed by atoms with Gasteiger partial charge in [-0.2, -0.15) is 0 Å². The molecular formula is C22H24N2O2. The van der Waals surface area contributed by atoms with Gasteiger partial charge in [0.15, 0.2) is 0 Å². The maximum atomic E-state index is 11.8. The van der Waals surface area contributed by atoms with Crippen LogP contribution in [-0.2, 0) is 24.9 Å². The van der Waals surface area contributed by atoms with Crippen LogP contribution in [0.25, 0.3) is 10.9 Å². The molecule has 26 heavy (non-hydrogen) atoms. The molecule has 0 unspecified atom stereocenters. The number of hydrogen-bond acceptors (Lipinski definition) is 2. The molecule has 4 rings (SSSR count). The number of nitrogens with zero attached hydrogens (tertiary/aromatic N) is 1. The predicted molar refractivity (Wildman–Crippen MR) is 103 cm³/mol. The molecule has 1 saturated carbocycles. The summed E-state index contributed by atoms with van der Waals surface area (Å²) in [6, 6.07) is 16.4. The first-order valence-corrected chi connectivity index (χ1v) is 9.23. The molecule has 134 valence electrons. The van der Waals surface area contributed by atoms with E-state index in [1.807, 2.05) is 24.3 Å².